The lowest BCUT2D eigenvalue weighted by Gasteiger charge is -2.40. The summed E-state index contributed by atoms with van der Waals surface area (Å²) in [5.74, 6) is 0.578. The molecule has 3 nitrogen and oxygen atoms in total. The maximum absolute atomic E-state index is 5.96. The van der Waals surface area contributed by atoms with Crippen molar-refractivity contribution in [2.75, 3.05) is 0 Å². The van der Waals surface area contributed by atoms with Crippen LogP contribution in [-0.2, 0) is 0 Å². The van der Waals surface area contributed by atoms with Gasteiger partial charge in [-0.15, -0.1) is 0 Å². The fraction of sp³-hybridized carbons (Fsp3) is 0.615. The van der Waals surface area contributed by atoms with Crippen LogP contribution in [0.25, 0.3) is 0 Å². The lowest BCUT2D eigenvalue weighted by molar-refractivity contribution is 0.0890. The summed E-state index contributed by atoms with van der Waals surface area (Å²) < 4.78 is 5.93. The first kappa shape index (κ1) is 12.5. The highest BCUT2D eigenvalue weighted by atomic mass is 35.5. The Morgan fingerprint density at radius 1 is 1.17 bits per heavy atom. The maximum Gasteiger partial charge on any atom is 0.215 e. The first-order chi connectivity index (χ1) is 8.70. The molecule has 0 radical (unpaired) electrons. The highest BCUT2D eigenvalue weighted by Gasteiger charge is 2.32. The molecule has 0 amide bonds. The first-order valence-electron chi connectivity index (χ1n) is 6.44. The number of hydrogen-bond donors (Lipinski definition) is 1. The fourth-order valence-electron chi connectivity index (χ4n) is 2.94. The van der Waals surface area contributed by atoms with Crippen molar-refractivity contribution < 1.29 is 4.74 Å². The molecule has 0 spiro atoms. The zero-order valence-electron chi connectivity index (χ0n) is 10.0. The summed E-state index contributed by atoms with van der Waals surface area (Å²) in [7, 11) is 0. The summed E-state index contributed by atoms with van der Waals surface area (Å²) in [6.07, 6.45) is 7.74. The number of fused-ring (bicyclic) bond motifs is 2. The molecule has 1 aromatic rings. The zero-order valence-corrected chi connectivity index (χ0v) is 11.5. The van der Waals surface area contributed by atoms with Gasteiger partial charge in [-0.25, -0.2) is 4.98 Å². The topological polar surface area (TPSA) is 34.1 Å². The third-order valence-electron chi connectivity index (χ3n) is 3.74. The molecule has 2 atom stereocenters. The molecular weight excluding hydrogens is 271 g/mol. The fourth-order valence-corrected chi connectivity index (χ4v) is 3.19. The molecule has 18 heavy (non-hydrogen) atoms. The van der Waals surface area contributed by atoms with Gasteiger partial charge in [-0.05, 0) is 25.7 Å². The van der Waals surface area contributed by atoms with Gasteiger partial charge in [-0.3, -0.25) is 0 Å². The predicted molar refractivity (Wildman–Crippen MR) is 72.5 cm³/mol. The minimum absolute atomic E-state index is 0.242. The lowest BCUT2D eigenvalue weighted by Crippen LogP contribution is -2.51. The van der Waals surface area contributed by atoms with E-state index in [9.17, 15) is 0 Å². The van der Waals surface area contributed by atoms with Crippen LogP contribution >= 0.6 is 23.2 Å². The monoisotopic (exact) mass is 286 g/mol. The van der Waals surface area contributed by atoms with E-state index in [1.54, 1.807) is 12.3 Å². The van der Waals surface area contributed by atoms with E-state index in [0.29, 0.717) is 28.0 Å². The molecule has 2 bridgehead atoms. The molecule has 3 heterocycles. The molecule has 0 saturated carbocycles. The van der Waals surface area contributed by atoms with Crippen LogP contribution in [-0.4, -0.2) is 23.2 Å². The van der Waals surface area contributed by atoms with Gasteiger partial charge >= 0.3 is 0 Å². The van der Waals surface area contributed by atoms with Crippen LogP contribution in [0.15, 0.2) is 12.3 Å². The summed E-state index contributed by atoms with van der Waals surface area (Å²) in [5, 5.41) is 4.60. The van der Waals surface area contributed by atoms with Crippen LogP contribution in [0.3, 0.4) is 0 Å². The highest BCUT2D eigenvalue weighted by molar-refractivity contribution is 6.41. The van der Waals surface area contributed by atoms with Crippen LogP contribution in [0.4, 0.5) is 0 Å². The van der Waals surface area contributed by atoms with E-state index in [-0.39, 0.29) is 6.10 Å². The second kappa shape index (κ2) is 5.24. The number of nitrogens with zero attached hydrogens (tertiary/aromatic N) is 1. The van der Waals surface area contributed by atoms with Crippen LogP contribution in [0.5, 0.6) is 5.88 Å². The molecule has 2 aliphatic rings. The van der Waals surface area contributed by atoms with Gasteiger partial charge in [-0.2, -0.15) is 0 Å². The van der Waals surface area contributed by atoms with Gasteiger partial charge in [0.15, 0.2) is 0 Å². The van der Waals surface area contributed by atoms with Crippen molar-refractivity contribution in [1.29, 1.82) is 0 Å². The van der Waals surface area contributed by atoms with Gasteiger partial charge in [0, 0.05) is 18.2 Å². The molecule has 5 heteroatoms. The molecule has 0 aromatic carbocycles. The quantitative estimate of drug-likeness (QED) is 0.904. The summed E-state index contributed by atoms with van der Waals surface area (Å²) in [5.41, 5.74) is 0. The van der Waals surface area contributed by atoms with Crippen molar-refractivity contribution >= 4 is 23.2 Å². The Bertz CT molecular complexity index is 429. The number of pyridine rings is 1. The van der Waals surface area contributed by atoms with Crippen molar-refractivity contribution in [3.63, 3.8) is 0 Å². The predicted octanol–water partition coefficient (Wildman–Crippen LogP) is 3.44. The minimum atomic E-state index is 0.242. The summed E-state index contributed by atoms with van der Waals surface area (Å²) in [6, 6.07) is 2.90. The SMILES string of the molecule is Clc1cnc(OC2CC3CCCC(C2)N3)cc1Cl. The van der Waals surface area contributed by atoms with Gasteiger partial charge in [0.2, 0.25) is 5.88 Å². The van der Waals surface area contributed by atoms with Gasteiger partial charge in [0.05, 0.1) is 16.2 Å². The number of hydrogen-bond acceptors (Lipinski definition) is 3. The van der Waals surface area contributed by atoms with Crippen LogP contribution in [0.1, 0.15) is 32.1 Å². The molecule has 2 aliphatic heterocycles. The Labute approximate surface area is 117 Å². The van der Waals surface area contributed by atoms with Crippen molar-refractivity contribution in [2.45, 2.75) is 50.3 Å². The van der Waals surface area contributed by atoms with Crippen molar-refractivity contribution in [1.82, 2.24) is 10.3 Å². The van der Waals surface area contributed by atoms with E-state index in [1.165, 1.54) is 19.3 Å². The summed E-state index contributed by atoms with van der Waals surface area (Å²) >= 11 is 11.8. The molecule has 2 saturated heterocycles. The van der Waals surface area contributed by atoms with E-state index in [2.05, 4.69) is 10.3 Å². The number of piperidine rings is 2. The lowest BCUT2D eigenvalue weighted by atomic mass is 9.85. The van der Waals surface area contributed by atoms with Gasteiger partial charge in [0.1, 0.15) is 6.10 Å². The smallest absolute Gasteiger partial charge is 0.215 e. The van der Waals surface area contributed by atoms with Gasteiger partial charge < -0.3 is 10.1 Å². The van der Waals surface area contributed by atoms with Gasteiger partial charge in [0.25, 0.3) is 0 Å². The molecule has 98 valence electrons. The molecule has 2 unspecified atom stereocenters. The molecule has 1 aromatic heterocycles. The van der Waals surface area contributed by atoms with E-state index in [1.807, 2.05) is 0 Å². The Hall–Kier alpha value is -0.510. The third kappa shape index (κ3) is 2.73. The Morgan fingerprint density at radius 3 is 2.56 bits per heavy atom. The van der Waals surface area contributed by atoms with Gasteiger partial charge in [-0.1, -0.05) is 29.6 Å². The van der Waals surface area contributed by atoms with Crippen LogP contribution in [0.2, 0.25) is 10.0 Å². The number of rotatable bonds is 2. The summed E-state index contributed by atoms with van der Waals surface area (Å²) in [6.45, 7) is 0. The van der Waals surface area contributed by atoms with Crippen LogP contribution in [0, 0.1) is 0 Å². The Balaban J connectivity index is 1.67. The highest BCUT2D eigenvalue weighted by Crippen LogP contribution is 2.30. The first-order valence-corrected chi connectivity index (χ1v) is 7.20. The van der Waals surface area contributed by atoms with E-state index in [0.717, 1.165) is 12.8 Å². The standard InChI is InChI=1S/C13H16Cl2N2O/c14-11-6-13(16-7-12(11)15)18-10-4-8-2-1-3-9(5-10)17-8/h6-10,17H,1-5H2. The minimum Gasteiger partial charge on any atom is -0.474 e. The Kier molecular flexibility index (Phi) is 3.64. The molecule has 3 rings (SSSR count). The van der Waals surface area contributed by atoms with Crippen molar-refractivity contribution in [3.05, 3.63) is 22.3 Å². The number of aromatic nitrogens is 1. The number of halogens is 2. The molecule has 1 N–H and O–H groups in total. The molecular formula is C13H16Cl2N2O. The van der Waals surface area contributed by atoms with Crippen molar-refractivity contribution in [2.24, 2.45) is 0 Å². The van der Waals surface area contributed by atoms with Crippen LogP contribution < -0.4 is 10.1 Å². The normalized spacial score (nSPS) is 31.1. The molecule has 0 aliphatic carbocycles. The second-order valence-corrected chi connectivity index (χ2v) is 5.95. The molecule has 2 fully saturated rings. The Morgan fingerprint density at radius 2 is 1.89 bits per heavy atom. The summed E-state index contributed by atoms with van der Waals surface area (Å²) in [4.78, 5) is 4.17. The van der Waals surface area contributed by atoms with E-state index >= 15 is 0 Å². The third-order valence-corrected chi connectivity index (χ3v) is 4.45. The van der Waals surface area contributed by atoms with E-state index in [4.69, 9.17) is 27.9 Å². The number of ether oxygens (including phenoxy) is 1. The zero-order chi connectivity index (χ0) is 12.5. The average Bonchev–Trinajstić information content (AvgIpc) is 2.33. The van der Waals surface area contributed by atoms with Crippen molar-refractivity contribution in [3.8, 4) is 5.88 Å². The van der Waals surface area contributed by atoms with E-state index < -0.39 is 0 Å². The average molecular weight is 287 g/mol. The maximum atomic E-state index is 5.96. The largest absolute Gasteiger partial charge is 0.474 e. The number of nitrogens with one attached hydrogen (secondary N) is 1. The second-order valence-electron chi connectivity index (χ2n) is 5.14.